The highest BCUT2D eigenvalue weighted by Gasteiger charge is 2.07. The normalized spacial score (nSPS) is 15.5. The maximum Gasteiger partial charge on any atom is 0.0781 e. The Hall–Kier alpha value is -0.360. The quantitative estimate of drug-likeness (QED) is 0.168. The summed E-state index contributed by atoms with van der Waals surface area (Å²) in [5, 5.41) is 0. The van der Waals surface area contributed by atoms with Gasteiger partial charge in [0.2, 0.25) is 0 Å². The van der Waals surface area contributed by atoms with E-state index in [2.05, 4.69) is 13.8 Å². The molecule has 0 spiro atoms. The number of rotatable bonds is 26. The third-order valence-electron chi connectivity index (χ3n) is 4.43. The number of hydrogen-bond acceptors (Lipinski definition) is 9. The lowest BCUT2D eigenvalue weighted by atomic mass is 10.2. The molecule has 34 heavy (non-hydrogen) atoms. The van der Waals surface area contributed by atoms with Crippen molar-refractivity contribution in [1.29, 1.82) is 0 Å². The summed E-state index contributed by atoms with van der Waals surface area (Å²) in [5.74, 6) is 0.544. The predicted octanol–water partition coefficient (Wildman–Crippen LogP) is 2.98. The van der Waals surface area contributed by atoms with Gasteiger partial charge in [-0.15, -0.1) is 0 Å². The van der Waals surface area contributed by atoms with Crippen LogP contribution in [0.2, 0.25) is 0 Å². The first-order chi connectivity index (χ1) is 16.3. The third-order valence-corrected chi connectivity index (χ3v) is 4.43. The van der Waals surface area contributed by atoms with Gasteiger partial charge in [0.05, 0.1) is 104 Å². The average molecular weight is 497 g/mol. The molecule has 0 fully saturated rings. The van der Waals surface area contributed by atoms with Crippen LogP contribution in [0.5, 0.6) is 0 Å². The van der Waals surface area contributed by atoms with E-state index in [0.717, 1.165) is 6.61 Å². The fourth-order valence-electron chi connectivity index (χ4n) is 2.73. The molecule has 0 aliphatic carbocycles. The zero-order chi connectivity index (χ0) is 25.4. The van der Waals surface area contributed by atoms with Crippen molar-refractivity contribution in [3.05, 3.63) is 0 Å². The van der Waals surface area contributed by atoms with Gasteiger partial charge >= 0.3 is 0 Å². The lowest BCUT2D eigenvalue weighted by molar-refractivity contribution is -0.0707. The summed E-state index contributed by atoms with van der Waals surface area (Å²) in [6.07, 6.45) is 0.113. The Morgan fingerprint density at radius 1 is 0.382 bits per heavy atom. The Morgan fingerprint density at radius 3 is 0.971 bits per heavy atom. The molecule has 0 bridgehead atoms. The van der Waals surface area contributed by atoms with Gasteiger partial charge in [0.1, 0.15) is 0 Å². The van der Waals surface area contributed by atoms with E-state index in [4.69, 9.17) is 42.6 Å². The highest BCUT2D eigenvalue weighted by molar-refractivity contribution is 4.52. The maximum atomic E-state index is 5.70. The van der Waals surface area contributed by atoms with E-state index in [1.54, 1.807) is 7.11 Å². The van der Waals surface area contributed by atoms with Crippen LogP contribution in [-0.2, 0) is 42.6 Å². The van der Waals surface area contributed by atoms with Crippen LogP contribution in [0, 0.1) is 5.92 Å². The Balaban J connectivity index is 3.42. The molecule has 4 atom stereocenters. The maximum absolute atomic E-state index is 5.70. The van der Waals surface area contributed by atoms with Gasteiger partial charge in [0.15, 0.2) is 0 Å². The van der Waals surface area contributed by atoms with Crippen molar-refractivity contribution >= 4 is 0 Å². The molecule has 0 radical (unpaired) electrons. The highest BCUT2D eigenvalue weighted by atomic mass is 16.6. The van der Waals surface area contributed by atoms with Crippen LogP contribution >= 0.6 is 0 Å². The first-order valence-electron chi connectivity index (χ1n) is 12.6. The first kappa shape index (κ1) is 33.6. The predicted molar refractivity (Wildman–Crippen MR) is 132 cm³/mol. The number of methoxy groups -OCH3 is 1. The van der Waals surface area contributed by atoms with Crippen molar-refractivity contribution < 1.29 is 42.6 Å². The van der Waals surface area contributed by atoms with Crippen LogP contribution in [0.15, 0.2) is 0 Å². The van der Waals surface area contributed by atoms with Gasteiger partial charge in [-0.1, -0.05) is 13.8 Å². The lowest BCUT2D eigenvalue weighted by Crippen LogP contribution is -2.24. The Bertz CT molecular complexity index is 412. The van der Waals surface area contributed by atoms with Crippen LogP contribution in [-0.4, -0.2) is 117 Å². The van der Waals surface area contributed by atoms with Gasteiger partial charge in [-0.25, -0.2) is 0 Å². The topological polar surface area (TPSA) is 83.1 Å². The monoisotopic (exact) mass is 496 g/mol. The smallest absolute Gasteiger partial charge is 0.0781 e. The molecule has 0 aromatic heterocycles. The van der Waals surface area contributed by atoms with Gasteiger partial charge in [0, 0.05) is 13.7 Å². The minimum Gasteiger partial charge on any atom is -0.382 e. The second kappa shape index (κ2) is 24.3. The molecule has 0 saturated carbocycles. The third kappa shape index (κ3) is 24.8. The molecular formula is C25H52O9. The second-order valence-electron chi connectivity index (χ2n) is 8.87. The number of hydrogen-bond donors (Lipinski definition) is 0. The van der Waals surface area contributed by atoms with Crippen LogP contribution in [0.4, 0.5) is 0 Å². The van der Waals surface area contributed by atoms with Gasteiger partial charge in [-0.05, 0) is 33.6 Å². The molecular weight excluding hydrogens is 444 g/mol. The largest absolute Gasteiger partial charge is 0.382 e. The minimum atomic E-state index is -0.00311. The molecule has 0 aliphatic heterocycles. The molecule has 0 rings (SSSR count). The summed E-state index contributed by atoms with van der Waals surface area (Å²) < 4.78 is 49.9. The standard InChI is InChI=1S/C25H52O9/c1-21(2)16-27-8-12-32-23(4)18-29-10-14-34-25(6)20-30-11-15-33-24(5)19-28-9-13-31-22(3)17-26-7/h21-25H,8-20H2,1-7H3. The van der Waals surface area contributed by atoms with Crippen molar-refractivity contribution in [2.75, 3.05) is 93.0 Å². The van der Waals surface area contributed by atoms with E-state index in [1.807, 2.05) is 27.7 Å². The fraction of sp³-hybridized carbons (Fsp3) is 1.00. The summed E-state index contributed by atoms with van der Waals surface area (Å²) in [5.41, 5.74) is 0. The Morgan fingerprint density at radius 2 is 0.676 bits per heavy atom. The number of ether oxygens (including phenoxy) is 9. The molecule has 4 unspecified atom stereocenters. The summed E-state index contributed by atoms with van der Waals surface area (Å²) >= 11 is 0. The highest BCUT2D eigenvalue weighted by Crippen LogP contribution is 1.98. The zero-order valence-electron chi connectivity index (χ0n) is 22.8. The van der Waals surface area contributed by atoms with E-state index < -0.39 is 0 Å². The average Bonchev–Trinajstić information content (AvgIpc) is 2.78. The molecule has 0 heterocycles. The van der Waals surface area contributed by atoms with E-state index in [9.17, 15) is 0 Å². The van der Waals surface area contributed by atoms with Crippen molar-refractivity contribution in [3.8, 4) is 0 Å². The van der Waals surface area contributed by atoms with Crippen LogP contribution in [0.25, 0.3) is 0 Å². The van der Waals surface area contributed by atoms with Crippen LogP contribution < -0.4 is 0 Å². The van der Waals surface area contributed by atoms with Gasteiger partial charge < -0.3 is 42.6 Å². The Kier molecular flexibility index (Phi) is 24.1. The molecule has 9 heteroatoms. The summed E-state index contributed by atoms with van der Waals surface area (Å²) in [6.45, 7) is 19.5. The van der Waals surface area contributed by atoms with E-state index in [-0.39, 0.29) is 24.4 Å². The molecule has 9 nitrogen and oxygen atoms in total. The first-order valence-corrected chi connectivity index (χ1v) is 12.6. The molecule has 0 amide bonds. The SMILES string of the molecule is COCC(C)OCCOCC(C)OCCOCC(C)OCCOCC(C)OCCOCC(C)C. The molecule has 0 saturated heterocycles. The zero-order valence-corrected chi connectivity index (χ0v) is 22.8. The molecule has 0 N–H and O–H groups in total. The summed E-state index contributed by atoms with van der Waals surface area (Å²) in [4.78, 5) is 0. The van der Waals surface area contributed by atoms with E-state index >= 15 is 0 Å². The summed E-state index contributed by atoms with van der Waals surface area (Å²) in [6, 6.07) is 0. The molecule has 206 valence electrons. The van der Waals surface area contributed by atoms with E-state index in [1.165, 1.54) is 0 Å². The van der Waals surface area contributed by atoms with Crippen molar-refractivity contribution in [2.45, 2.75) is 66.0 Å². The second-order valence-corrected chi connectivity index (χ2v) is 8.87. The van der Waals surface area contributed by atoms with E-state index in [0.29, 0.717) is 85.2 Å². The minimum absolute atomic E-state index is 0.00311. The molecule has 0 aromatic carbocycles. The fourth-order valence-corrected chi connectivity index (χ4v) is 2.73. The van der Waals surface area contributed by atoms with Gasteiger partial charge in [-0.3, -0.25) is 0 Å². The van der Waals surface area contributed by atoms with Crippen molar-refractivity contribution in [1.82, 2.24) is 0 Å². The van der Waals surface area contributed by atoms with Crippen LogP contribution in [0.3, 0.4) is 0 Å². The summed E-state index contributed by atoms with van der Waals surface area (Å²) in [7, 11) is 1.66. The van der Waals surface area contributed by atoms with Gasteiger partial charge in [-0.2, -0.15) is 0 Å². The van der Waals surface area contributed by atoms with Crippen molar-refractivity contribution in [2.24, 2.45) is 5.92 Å². The lowest BCUT2D eigenvalue weighted by Gasteiger charge is -2.17. The molecule has 0 aliphatic rings. The molecule has 0 aromatic rings. The Labute approximate surface area is 208 Å². The van der Waals surface area contributed by atoms with Gasteiger partial charge in [0.25, 0.3) is 0 Å². The van der Waals surface area contributed by atoms with Crippen molar-refractivity contribution in [3.63, 3.8) is 0 Å². The van der Waals surface area contributed by atoms with Crippen LogP contribution in [0.1, 0.15) is 41.5 Å².